The van der Waals surface area contributed by atoms with Gasteiger partial charge in [-0.25, -0.2) is 4.39 Å². The van der Waals surface area contributed by atoms with E-state index in [1.165, 1.54) is 11.8 Å². The number of anilines is 1. The minimum Gasteiger partial charge on any atom is -0.382 e. The van der Waals surface area contributed by atoms with Crippen LogP contribution in [0.2, 0.25) is 0 Å². The highest BCUT2D eigenvalue weighted by molar-refractivity contribution is 5.46. The van der Waals surface area contributed by atoms with E-state index in [0.29, 0.717) is 25.1 Å². The van der Waals surface area contributed by atoms with Gasteiger partial charge in [0.1, 0.15) is 11.4 Å². The van der Waals surface area contributed by atoms with E-state index in [9.17, 15) is 9.50 Å². The number of hydrogen-bond acceptors (Lipinski definition) is 3. The Bertz CT molecular complexity index is 966. The van der Waals surface area contributed by atoms with E-state index >= 15 is 0 Å². The van der Waals surface area contributed by atoms with Crippen molar-refractivity contribution in [3.63, 3.8) is 0 Å². The van der Waals surface area contributed by atoms with E-state index in [1.807, 2.05) is 35.0 Å². The average Bonchev–Trinajstić information content (AvgIpc) is 3.26. The summed E-state index contributed by atoms with van der Waals surface area (Å²) in [6.07, 6.45) is 3.49. The molecule has 1 aromatic heterocycles. The van der Waals surface area contributed by atoms with Crippen LogP contribution in [0.3, 0.4) is 0 Å². The van der Waals surface area contributed by atoms with Crippen molar-refractivity contribution in [3.05, 3.63) is 90.0 Å². The molecule has 3 aromatic rings. The van der Waals surface area contributed by atoms with Crippen LogP contribution in [-0.2, 0) is 12.1 Å². The predicted octanol–water partition coefficient (Wildman–Crippen LogP) is 4.49. The first kappa shape index (κ1) is 21.6. The molecule has 164 valence electrons. The Hall–Kier alpha value is -2.63. The van der Waals surface area contributed by atoms with Gasteiger partial charge in [-0.3, -0.25) is 4.90 Å². The molecule has 0 spiro atoms. The Labute approximate surface area is 184 Å². The van der Waals surface area contributed by atoms with Gasteiger partial charge in [-0.2, -0.15) is 0 Å². The van der Waals surface area contributed by atoms with Gasteiger partial charge in [0.25, 0.3) is 0 Å². The van der Waals surface area contributed by atoms with Crippen molar-refractivity contribution in [2.24, 2.45) is 0 Å². The lowest BCUT2D eigenvalue weighted by Crippen LogP contribution is -2.51. The van der Waals surface area contributed by atoms with Crippen LogP contribution in [0.1, 0.15) is 31.0 Å². The molecule has 0 bridgehead atoms. The van der Waals surface area contributed by atoms with Gasteiger partial charge in [0, 0.05) is 50.2 Å². The fourth-order valence-electron chi connectivity index (χ4n) is 4.66. The third kappa shape index (κ3) is 5.00. The topological polar surface area (TPSA) is 31.6 Å². The number of nitrogens with zero attached hydrogens (tertiary/aromatic N) is 3. The van der Waals surface area contributed by atoms with Gasteiger partial charge >= 0.3 is 0 Å². The van der Waals surface area contributed by atoms with E-state index in [1.54, 1.807) is 12.1 Å². The van der Waals surface area contributed by atoms with Crippen LogP contribution in [0.15, 0.2) is 72.9 Å². The van der Waals surface area contributed by atoms with E-state index in [2.05, 4.69) is 41.0 Å². The summed E-state index contributed by atoms with van der Waals surface area (Å²) in [7, 11) is 0. The maximum absolute atomic E-state index is 14.2. The SMILES string of the molecule is CCCC(O)(CN1CCN(c2ccccc2)CC1)c1cccn1Cc1ccccc1F. The second-order valence-electron chi connectivity index (χ2n) is 8.49. The number of aliphatic hydroxyl groups is 1. The molecule has 1 aliphatic heterocycles. The van der Waals surface area contributed by atoms with Crippen LogP contribution in [0.25, 0.3) is 0 Å². The first-order valence-corrected chi connectivity index (χ1v) is 11.2. The molecule has 0 aliphatic carbocycles. The van der Waals surface area contributed by atoms with Gasteiger partial charge in [0.05, 0.1) is 12.2 Å². The van der Waals surface area contributed by atoms with E-state index < -0.39 is 5.60 Å². The second-order valence-corrected chi connectivity index (χ2v) is 8.49. The van der Waals surface area contributed by atoms with E-state index in [-0.39, 0.29) is 5.82 Å². The molecule has 1 N–H and O–H groups in total. The molecule has 0 saturated carbocycles. The van der Waals surface area contributed by atoms with Gasteiger partial charge in [0.2, 0.25) is 0 Å². The van der Waals surface area contributed by atoms with Gasteiger partial charge in [-0.05, 0) is 36.8 Å². The zero-order chi connectivity index (χ0) is 21.7. The summed E-state index contributed by atoms with van der Waals surface area (Å²) in [6.45, 7) is 6.82. The first-order chi connectivity index (χ1) is 15.1. The number of halogens is 1. The van der Waals surface area contributed by atoms with Crippen LogP contribution in [0.5, 0.6) is 0 Å². The fraction of sp³-hybridized carbons (Fsp3) is 0.385. The lowest BCUT2D eigenvalue weighted by atomic mass is 9.92. The monoisotopic (exact) mass is 421 g/mol. The Kier molecular flexibility index (Phi) is 6.73. The van der Waals surface area contributed by atoms with Crippen LogP contribution >= 0.6 is 0 Å². The summed E-state index contributed by atoms with van der Waals surface area (Å²) < 4.78 is 16.2. The molecule has 31 heavy (non-hydrogen) atoms. The Morgan fingerprint density at radius 1 is 0.903 bits per heavy atom. The van der Waals surface area contributed by atoms with Crippen molar-refractivity contribution in [1.82, 2.24) is 9.47 Å². The fourth-order valence-corrected chi connectivity index (χ4v) is 4.66. The molecule has 1 fully saturated rings. The van der Waals surface area contributed by atoms with Crippen LogP contribution in [-0.4, -0.2) is 47.3 Å². The van der Waals surface area contributed by atoms with Gasteiger partial charge < -0.3 is 14.6 Å². The van der Waals surface area contributed by atoms with Gasteiger partial charge in [-0.1, -0.05) is 49.7 Å². The minimum atomic E-state index is -0.960. The quantitative estimate of drug-likeness (QED) is 0.582. The first-order valence-electron chi connectivity index (χ1n) is 11.2. The molecule has 4 rings (SSSR count). The normalized spacial score (nSPS) is 16.9. The molecular formula is C26H32FN3O. The van der Waals surface area contributed by atoms with Crippen LogP contribution < -0.4 is 4.90 Å². The molecule has 1 saturated heterocycles. The summed E-state index contributed by atoms with van der Waals surface area (Å²) >= 11 is 0. The summed E-state index contributed by atoms with van der Waals surface area (Å²) in [6, 6.07) is 21.3. The highest BCUT2D eigenvalue weighted by Gasteiger charge is 2.34. The molecule has 4 nitrogen and oxygen atoms in total. The number of piperazine rings is 1. The Morgan fingerprint density at radius 2 is 1.61 bits per heavy atom. The minimum absolute atomic E-state index is 0.210. The summed E-state index contributed by atoms with van der Waals surface area (Å²) in [5, 5.41) is 11.8. The van der Waals surface area contributed by atoms with Crippen molar-refractivity contribution in [3.8, 4) is 0 Å². The average molecular weight is 422 g/mol. The van der Waals surface area contributed by atoms with Crippen LogP contribution in [0.4, 0.5) is 10.1 Å². The zero-order valence-electron chi connectivity index (χ0n) is 18.3. The molecule has 2 aromatic carbocycles. The predicted molar refractivity (Wildman–Crippen MR) is 124 cm³/mol. The summed E-state index contributed by atoms with van der Waals surface area (Å²) in [5.74, 6) is -0.210. The van der Waals surface area contributed by atoms with E-state index in [0.717, 1.165) is 38.3 Å². The third-order valence-electron chi connectivity index (χ3n) is 6.25. The summed E-state index contributed by atoms with van der Waals surface area (Å²) in [4.78, 5) is 4.76. The maximum Gasteiger partial charge on any atom is 0.128 e. The highest BCUT2D eigenvalue weighted by Crippen LogP contribution is 2.30. The van der Waals surface area contributed by atoms with Crippen molar-refractivity contribution in [2.75, 3.05) is 37.6 Å². The lowest BCUT2D eigenvalue weighted by molar-refractivity contribution is -0.0166. The molecule has 1 atom stereocenters. The maximum atomic E-state index is 14.2. The highest BCUT2D eigenvalue weighted by atomic mass is 19.1. The molecule has 0 radical (unpaired) electrons. The number of hydrogen-bond donors (Lipinski definition) is 1. The van der Waals surface area contributed by atoms with Crippen molar-refractivity contribution in [1.29, 1.82) is 0 Å². The summed E-state index contributed by atoms with van der Waals surface area (Å²) in [5.41, 5.74) is 1.79. The number of aromatic nitrogens is 1. The van der Waals surface area contributed by atoms with Crippen LogP contribution in [0, 0.1) is 5.82 Å². The number of benzene rings is 2. The second kappa shape index (κ2) is 9.67. The Morgan fingerprint density at radius 3 is 2.32 bits per heavy atom. The van der Waals surface area contributed by atoms with E-state index in [4.69, 9.17) is 0 Å². The van der Waals surface area contributed by atoms with Crippen molar-refractivity contribution in [2.45, 2.75) is 31.9 Å². The number of para-hydroxylation sites is 1. The largest absolute Gasteiger partial charge is 0.382 e. The number of β-amino-alcohol motifs (C(OH)–C–C–N with tert-alkyl or cyclic N) is 1. The molecule has 1 aliphatic rings. The van der Waals surface area contributed by atoms with Gasteiger partial charge in [0.15, 0.2) is 0 Å². The van der Waals surface area contributed by atoms with Gasteiger partial charge in [-0.15, -0.1) is 0 Å². The zero-order valence-corrected chi connectivity index (χ0v) is 18.3. The molecule has 1 unspecified atom stereocenters. The van der Waals surface area contributed by atoms with Crippen molar-refractivity contribution >= 4 is 5.69 Å². The smallest absolute Gasteiger partial charge is 0.128 e. The number of rotatable bonds is 8. The standard InChI is InChI=1S/C26H32FN3O/c1-2-14-26(31,21-28-16-18-29(19-17-28)23-10-4-3-5-11-23)25-13-8-15-30(25)20-22-9-6-7-12-24(22)27/h3-13,15,31H,2,14,16-21H2,1H3. The molecule has 2 heterocycles. The Balaban J connectivity index is 1.47. The van der Waals surface area contributed by atoms with Crippen molar-refractivity contribution < 1.29 is 9.50 Å². The lowest BCUT2D eigenvalue weighted by Gasteiger charge is -2.40. The molecule has 5 heteroatoms. The third-order valence-corrected chi connectivity index (χ3v) is 6.25. The molecular weight excluding hydrogens is 389 g/mol. The molecule has 0 amide bonds.